The van der Waals surface area contributed by atoms with Crippen LogP contribution in [0.15, 0.2) is 102 Å². The highest BCUT2D eigenvalue weighted by Crippen LogP contribution is 2.66. The Morgan fingerprint density at radius 2 is 1.25 bits per heavy atom. The van der Waals surface area contributed by atoms with Gasteiger partial charge in [-0.05, 0) is 83.9 Å². The highest BCUT2D eigenvalue weighted by molar-refractivity contribution is 6.30. The van der Waals surface area contributed by atoms with Crippen LogP contribution in [0.25, 0.3) is 0 Å². The Kier molecular flexibility index (Phi) is 5.99. The molecule has 0 saturated heterocycles. The van der Waals surface area contributed by atoms with Gasteiger partial charge in [0.2, 0.25) is 0 Å². The molecule has 2 fully saturated rings. The maximum absolute atomic E-state index is 11.1. The third kappa shape index (κ3) is 3.83. The zero-order valence-electron chi connectivity index (χ0n) is 17.9. The summed E-state index contributed by atoms with van der Waals surface area (Å²) in [6.07, 6.45) is 7.38. The first kappa shape index (κ1) is 21.5. The van der Waals surface area contributed by atoms with E-state index in [1.807, 2.05) is 54.6 Å². The van der Waals surface area contributed by atoms with E-state index in [4.69, 9.17) is 23.2 Å². The molecule has 3 heteroatoms. The molecular formula is C29H26Cl2O. The molecule has 0 amide bonds. The zero-order valence-corrected chi connectivity index (χ0v) is 19.4. The van der Waals surface area contributed by atoms with Gasteiger partial charge in [0.15, 0.2) is 0 Å². The minimum atomic E-state index is -0.660. The molecule has 0 spiro atoms. The molecule has 1 nitrogen and oxygen atoms in total. The topological polar surface area (TPSA) is 20.2 Å². The maximum atomic E-state index is 11.1. The highest BCUT2D eigenvalue weighted by atomic mass is 35.5. The third-order valence-electron chi connectivity index (χ3n) is 6.82. The molecule has 0 aromatic heterocycles. The summed E-state index contributed by atoms with van der Waals surface area (Å²) >= 11 is 12.5. The van der Waals surface area contributed by atoms with Crippen LogP contribution < -0.4 is 0 Å². The number of benzene rings is 3. The molecule has 0 aliphatic heterocycles. The van der Waals surface area contributed by atoms with Gasteiger partial charge in [0, 0.05) is 10.0 Å². The number of hydrogen-bond donors (Lipinski definition) is 1. The normalized spacial score (nSPS) is 19.8. The molecule has 2 aliphatic rings. The van der Waals surface area contributed by atoms with Gasteiger partial charge in [0.05, 0.1) is 11.5 Å². The number of rotatable bonds is 4. The predicted molar refractivity (Wildman–Crippen MR) is 133 cm³/mol. The standard InChI is InChI=1S/C29H26Cl2O/c30-24-15-11-22(12-16-24)29(23-13-17-25(31)18-14-23)26(28(29)21-9-5-2-6-10-21)19-27(32)20-7-3-1-4-8-20/h1,3-4,7-8,11-19,27,32H,2,5-6,9-10H2/b26-19-. The summed E-state index contributed by atoms with van der Waals surface area (Å²) in [4.78, 5) is 0. The average molecular weight is 461 g/mol. The highest BCUT2D eigenvalue weighted by Gasteiger charge is 2.58. The second kappa shape index (κ2) is 8.90. The molecule has 2 aliphatic carbocycles. The van der Waals surface area contributed by atoms with Crippen molar-refractivity contribution < 1.29 is 5.11 Å². The van der Waals surface area contributed by atoms with E-state index in [2.05, 4.69) is 30.3 Å². The summed E-state index contributed by atoms with van der Waals surface area (Å²) in [5.41, 5.74) is 7.01. The molecule has 2 saturated carbocycles. The second-order valence-electron chi connectivity index (χ2n) is 8.74. The van der Waals surface area contributed by atoms with Crippen LogP contribution in [0.5, 0.6) is 0 Å². The van der Waals surface area contributed by atoms with Gasteiger partial charge in [-0.25, -0.2) is 0 Å². The minimum Gasteiger partial charge on any atom is -0.384 e. The molecule has 32 heavy (non-hydrogen) atoms. The smallest absolute Gasteiger partial charge is 0.0978 e. The summed E-state index contributed by atoms with van der Waals surface area (Å²) < 4.78 is 0. The third-order valence-corrected chi connectivity index (χ3v) is 7.32. The SMILES string of the molecule is OC(/C=C1/C(=C2CCCCC2)C1(c1ccc(Cl)cc1)c1ccc(Cl)cc1)c1ccccc1. The van der Waals surface area contributed by atoms with E-state index in [0.29, 0.717) is 0 Å². The minimum absolute atomic E-state index is 0.363. The number of hydrogen-bond acceptors (Lipinski definition) is 1. The average Bonchev–Trinajstić information content (AvgIpc) is 3.49. The Balaban J connectivity index is 1.72. The van der Waals surface area contributed by atoms with Crippen molar-refractivity contribution in [3.63, 3.8) is 0 Å². The van der Waals surface area contributed by atoms with Gasteiger partial charge in [-0.2, -0.15) is 0 Å². The van der Waals surface area contributed by atoms with Crippen molar-refractivity contribution in [1.29, 1.82) is 0 Å². The summed E-state index contributed by atoms with van der Waals surface area (Å²) in [6, 6.07) is 26.2. The predicted octanol–water partition coefficient (Wildman–Crippen LogP) is 8.21. The molecule has 162 valence electrons. The van der Waals surface area contributed by atoms with Gasteiger partial charge in [0.25, 0.3) is 0 Å². The second-order valence-corrected chi connectivity index (χ2v) is 9.61. The first-order valence-corrected chi connectivity index (χ1v) is 12.1. The number of aliphatic hydroxyl groups is 1. The van der Waals surface area contributed by atoms with Crippen molar-refractivity contribution in [3.05, 3.63) is 128 Å². The van der Waals surface area contributed by atoms with Crippen LogP contribution in [-0.4, -0.2) is 5.11 Å². The molecule has 3 aromatic carbocycles. The van der Waals surface area contributed by atoms with Gasteiger partial charge >= 0.3 is 0 Å². The van der Waals surface area contributed by atoms with Gasteiger partial charge < -0.3 is 5.11 Å². The Morgan fingerprint density at radius 1 is 0.719 bits per heavy atom. The Bertz CT molecular complexity index is 1100. The van der Waals surface area contributed by atoms with Crippen LogP contribution in [0.4, 0.5) is 0 Å². The molecule has 3 aromatic rings. The monoisotopic (exact) mass is 460 g/mol. The largest absolute Gasteiger partial charge is 0.384 e. The van der Waals surface area contributed by atoms with Gasteiger partial charge in [-0.3, -0.25) is 0 Å². The van der Waals surface area contributed by atoms with Gasteiger partial charge in [-0.1, -0.05) is 89.8 Å². The fraction of sp³-hybridized carbons (Fsp3) is 0.241. The van der Waals surface area contributed by atoms with E-state index in [0.717, 1.165) is 28.5 Å². The van der Waals surface area contributed by atoms with Crippen molar-refractivity contribution in [2.24, 2.45) is 0 Å². The summed E-state index contributed by atoms with van der Waals surface area (Å²) in [6.45, 7) is 0. The van der Waals surface area contributed by atoms with E-state index in [1.54, 1.807) is 0 Å². The molecule has 1 unspecified atom stereocenters. The van der Waals surface area contributed by atoms with Gasteiger partial charge in [0.1, 0.15) is 0 Å². The summed E-state index contributed by atoms with van der Waals surface area (Å²) in [5.74, 6) is 0. The molecule has 0 bridgehead atoms. The van der Waals surface area contributed by atoms with Crippen LogP contribution in [0, 0.1) is 0 Å². The van der Waals surface area contributed by atoms with Crippen molar-refractivity contribution in [3.8, 4) is 0 Å². The first-order chi connectivity index (χ1) is 15.6. The fourth-order valence-electron chi connectivity index (χ4n) is 5.26. The molecule has 1 atom stereocenters. The van der Waals surface area contributed by atoms with Crippen LogP contribution in [0.3, 0.4) is 0 Å². The van der Waals surface area contributed by atoms with Crippen molar-refractivity contribution in [2.75, 3.05) is 0 Å². The zero-order chi connectivity index (χ0) is 22.1. The lowest BCUT2D eigenvalue weighted by molar-refractivity contribution is 0.228. The van der Waals surface area contributed by atoms with Crippen molar-refractivity contribution >= 4 is 23.2 Å². The lowest BCUT2D eigenvalue weighted by atomic mass is 9.83. The first-order valence-electron chi connectivity index (χ1n) is 11.3. The van der Waals surface area contributed by atoms with Crippen LogP contribution in [0.2, 0.25) is 10.0 Å². The quantitative estimate of drug-likeness (QED) is 0.415. The molecule has 5 rings (SSSR count). The fourth-order valence-corrected chi connectivity index (χ4v) is 5.52. The lowest BCUT2D eigenvalue weighted by Gasteiger charge is -2.19. The van der Waals surface area contributed by atoms with Crippen molar-refractivity contribution in [2.45, 2.75) is 43.6 Å². The maximum Gasteiger partial charge on any atom is 0.0978 e. The molecule has 1 N–H and O–H groups in total. The number of aliphatic hydroxyl groups excluding tert-OH is 1. The number of halogens is 2. The van der Waals surface area contributed by atoms with E-state index in [-0.39, 0.29) is 5.41 Å². The van der Waals surface area contributed by atoms with Crippen LogP contribution >= 0.6 is 23.2 Å². The molecule has 0 heterocycles. The van der Waals surface area contributed by atoms with Crippen LogP contribution in [-0.2, 0) is 5.41 Å². The summed E-state index contributed by atoms with van der Waals surface area (Å²) in [7, 11) is 0. The Hall–Kier alpha value is -2.32. The van der Waals surface area contributed by atoms with E-state index >= 15 is 0 Å². The molecule has 0 radical (unpaired) electrons. The van der Waals surface area contributed by atoms with Crippen LogP contribution in [0.1, 0.15) is 54.9 Å². The summed E-state index contributed by atoms with van der Waals surface area (Å²) in [5, 5.41) is 12.6. The van der Waals surface area contributed by atoms with E-state index in [9.17, 15) is 5.11 Å². The van der Waals surface area contributed by atoms with Crippen molar-refractivity contribution in [1.82, 2.24) is 0 Å². The Labute approximate surface area is 200 Å². The van der Waals surface area contributed by atoms with E-state index in [1.165, 1.54) is 47.1 Å². The van der Waals surface area contributed by atoms with E-state index < -0.39 is 6.10 Å². The molecular weight excluding hydrogens is 435 g/mol. The Morgan fingerprint density at radius 3 is 1.78 bits per heavy atom. The number of allylic oxidation sites excluding steroid dienone is 3. The lowest BCUT2D eigenvalue weighted by Crippen LogP contribution is -2.11. The van der Waals surface area contributed by atoms with Gasteiger partial charge in [-0.15, -0.1) is 0 Å².